The van der Waals surface area contributed by atoms with Gasteiger partial charge in [-0.05, 0) is 19.9 Å². The van der Waals surface area contributed by atoms with Crippen molar-refractivity contribution >= 4 is 17.8 Å². The summed E-state index contributed by atoms with van der Waals surface area (Å²) in [4.78, 5) is 23.2. The maximum absolute atomic E-state index is 12.3. The average Bonchev–Trinajstić information content (AvgIpc) is 2.92. The molecule has 22 heavy (non-hydrogen) atoms. The highest BCUT2D eigenvalue weighted by atomic mass is 16.4. The van der Waals surface area contributed by atoms with Crippen LogP contribution in [0, 0.1) is 13.8 Å². The van der Waals surface area contributed by atoms with Gasteiger partial charge >= 0.3 is 5.97 Å². The lowest BCUT2D eigenvalue weighted by atomic mass is 9.93. The molecule has 2 heterocycles. The second-order valence-electron chi connectivity index (χ2n) is 6.21. The molecule has 0 unspecified atom stereocenters. The Bertz CT molecular complexity index is 730. The summed E-state index contributed by atoms with van der Waals surface area (Å²) >= 11 is 0. The van der Waals surface area contributed by atoms with Crippen LogP contribution in [0.5, 0.6) is 0 Å². The van der Waals surface area contributed by atoms with E-state index >= 15 is 0 Å². The Labute approximate surface area is 128 Å². The molecule has 0 aliphatic carbocycles. The molecule has 0 spiro atoms. The van der Waals surface area contributed by atoms with E-state index in [0.29, 0.717) is 22.6 Å². The summed E-state index contributed by atoms with van der Waals surface area (Å²) in [5, 5.41) is 11.5. The second kappa shape index (κ2) is 5.36. The van der Waals surface area contributed by atoms with Gasteiger partial charge in [-0.15, -0.1) is 0 Å². The minimum atomic E-state index is -1.17. The number of amides is 1. The maximum atomic E-state index is 12.3. The fourth-order valence-electron chi connectivity index (χ4n) is 2.01. The maximum Gasteiger partial charge on any atom is 0.372 e. The van der Waals surface area contributed by atoms with Crippen LogP contribution < -0.4 is 5.32 Å². The SMILES string of the molecule is Cc1cc(NC(=O)c2cc(C(C)(C)C)oc2C)oc1C(=O)O. The van der Waals surface area contributed by atoms with Crippen LogP contribution in [-0.4, -0.2) is 17.0 Å². The second-order valence-corrected chi connectivity index (χ2v) is 6.21. The molecule has 0 atom stereocenters. The van der Waals surface area contributed by atoms with E-state index in [9.17, 15) is 9.59 Å². The van der Waals surface area contributed by atoms with Crippen molar-refractivity contribution < 1.29 is 23.5 Å². The molecule has 1 amide bonds. The van der Waals surface area contributed by atoms with Crippen molar-refractivity contribution in [1.29, 1.82) is 0 Å². The molecule has 0 saturated heterocycles. The van der Waals surface area contributed by atoms with Gasteiger partial charge < -0.3 is 13.9 Å². The number of aromatic carboxylic acids is 1. The lowest BCUT2D eigenvalue weighted by Crippen LogP contribution is -2.12. The molecule has 0 aliphatic heterocycles. The first-order valence-electron chi connectivity index (χ1n) is 6.85. The Morgan fingerprint density at radius 1 is 1.14 bits per heavy atom. The fourth-order valence-corrected chi connectivity index (χ4v) is 2.01. The number of hydrogen-bond donors (Lipinski definition) is 2. The summed E-state index contributed by atoms with van der Waals surface area (Å²) in [5.41, 5.74) is 0.638. The summed E-state index contributed by atoms with van der Waals surface area (Å²) in [6.07, 6.45) is 0. The summed E-state index contributed by atoms with van der Waals surface area (Å²) in [6, 6.07) is 3.17. The van der Waals surface area contributed by atoms with E-state index in [0.717, 1.165) is 0 Å². The molecule has 118 valence electrons. The van der Waals surface area contributed by atoms with Gasteiger partial charge in [0.2, 0.25) is 11.6 Å². The van der Waals surface area contributed by atoms with Gasteiger partial charge in [0, 0.05) is 17.0 Å². The molecular formula is C16H19NO5. The zero-order valence-corrected chi connectivity index (χ0v) is 13.2. The predicted octanol–water partition coefficient (Wildman–Crippen LogP) is 3.74. The van der Waals surface area contributed by atoms with Crippen LogP contribution in [0.3, 0.4) is 0 Å². The van der Waals surface area contributed by atoms with E-state index in [-0.39, 0.29) is 17.1 Å². The molecule has 0 bridgehead atoms. The van der Waals surface area contributed by atoms with Gasteiger partial charge in [0.15, 0.2) is 0 Å². The smallest absolute Gasteiger partial charge is 0.372 e. The van der Waals surface area contributed by atoms with Crippen LogP contribution in [0.4, 0.5) is 5.88 Å². The highest BCUT2D eigenvalue weighted by molar-refractivity contribution is 6.04. The lowest BCUT2D eigenvalue weighted by molar-refractivity contribution is 0.0661. The fraction of sp³-hybridized carbons (Fsp3) is 0.375. The number of nitrogens with one attached hydrogen (secondary N) is 1. The number of anilines is 1. The van der Waals surface area contributed by atoms with E-state index in [2.05, 4.69) is 5.32 Å². The van der Waals surface area contributed by atoms with Crippen LogP contribution in [0.15, 0.2) is 21.0 Å². The van der Waals surface area contributed by atoms with Crippen molar-refractivity contribution in [2.45, 2.75) is 40.0 Å². The van der Waals surface area contributed by atoms with E-state index in [4.69, 9.17) is 13.9 Å². The molecule has 6 nitrogen and oxygen atoms in total. The molecule has 0 aliphatic rings. The Kier molecular flexibility index (Phi) is 3.87. The predicted molar refractivity (Wildman–Crippen MR) is 80.5 cm³/mol. The molecule has 0 fully saturated rings. The van der Waals surface area contributed by atoms with Crippen LogP contribution in [-0.2, 0) is 5.41 Å². The number of rotatable bonds is 3. The molecule has 6 heteroatoms. The van der Waals surface area contributed by atoms with E-state index in [1.165, 1.54) is 6.07 Å². The first-order valence-corrected chi connectivity index (χ1v) is 6.85. The number of carboxylic acid groups (broad SMARTS) is 1. The van der Waals surface area contributed by atoms with Crippen molar-refractivity contribution in [3.05, 3.63) is 40.5 Å². The van der Waals surface area contributed by atoms with Crippen molar-refractivity contribution in [3.8, 4) is 0 Å². The molecule has 0 aromatic carbocycles. The zero-order valence-electron chi connectivity index (χ0n) is 13.2. The highest BCUT2D eigenvalue weighted by Gasteiger charge is 2.24. The minimum Gasteiger partial charge on any atom is -0.475 e. The quantitative estimate of drug-likeness (QED) is 0.901. The van der Waals surface area contributed by atoms with Crippen molar-refractivity contribution in [1.82, 2.24) is 0 Å². The van der Waals surface area contributed by atoms with E-state index in [1.807, 2.05) is 20.8 Å². The third-order valence-corrected chi connectivity index (χ3v) is 3.25. The standard InChI is InChI=1S/C16H19NO5/c1-8-6-12(22-13(8)15(19)20)17-14(18)10-7-11(16(3,4)5)21-9(10)2/h6-7H,1-5H3,(H,17,18)(H,19,20). The van der Waals surface area contributed by atoms with Crippen molar-refractivity contribution in [2.75, 3.05) is 5.32 Å². The van der Waals surface area contributed by atoms with Crippen molar-refractivity contribution in [2.24, 2.45) is 0 Å². The normalized spacial score (nSPS) is 11.5. The van der Waals surface area contributed by atoms with Crippen LogP contribution in [0.1, 0.15) is 58.8 Å². The summed E-state index contributed by atoms with van der Waals surface area (Å²) in [7, 11) is 0. The molecule has 0 saturated carbocycles. The lowest BCUT2D eigenvalue weighted by Gasteiger charge is -2.13. The van der Waals surface area contributed by atoms with Gasteiger partial charge in [-0.1, -0.05) is 20.8 Å². The Morgan fingerprint density at radius 2 is 1.77 bits per heavy atom. The van der Waals surface area contributed by atoms with E-state index in [1.54, 1.807) is 19.9 Å². The van der Waals surface area contributed by atoms with Gasteiger partial charge in [0.1, 0.15) is 11.5 Å². The molecule has 0 radical (unpaired) electrons. The summed E-state index contributed by atoms with van der Waals surface area (Å²) < 4.78 is 10.7. The zero-order chi connectivity index (χ0) is 16.7. The molecule has 2 aromatic rings. The van der Waals surface area contributed by atoms with Gasteiger partial charge in [-0.2, -0.15) is 0 Å². The number of carbonyl (C=O) groups is 2. The number of furan rings is 2. The van der Waals surface area contributed by atoms with Gasteiger partial charge in [0.25, 0.3) is 5.91 Å². The van der Waals surface area contributed by atoms with Gasteiger partial charge in [-0.3, -0.25) is 10.1 Å². The third kappa shape index (κ3) is 3.05. The van der Waals surface area contributed by atoms with Crippen LogP contribution in [0.25, 0.3) is 0 Å². The Morgan fingerprint density at radius 3 is 2.23 bits per heavy atom. The Hall–Kier alpha value is -2.50. The topological polar surface area (TPSA) is 92.7 Å². The first kappa shape index (κ1) is 15.9. The summed E-state index contributed by atoms with van der Waals surface area (Å²) in [6.45, 7) is 9.27. The Balaban J connectivity index is 2.25. The number of carboxylic acids is 1. The molecule has 2 rings (SSSR count). The minimum absolute atomic E-state index is 0.0952. The molecule has 2 aromatic heterocycles. The van der Waals surface area contributed by atoms with Gasteiger partial charge in [-0.25, -0.2) is 4.79 Å². The van der Waals surface area contributed by atoms with Crippen molar-refractivity contribution in [3.63, 3.8) is 0 Å². The highest BCUT2D eigenvalue weighted by Crippen LogP contribution is 2.28. The molecular weight excluding hydrogens is 286 g/mol. The number of carbonyl (C=O) groups excluding carboxylic acids is 1. The molecule has 2 N–H and O–H groups in total. The monoisotopic (exact) mass is 305 g/mol. The van der Waals surface area contributed by atoms with Crippen LogP contribution >= 0.6 is 0 Å². The number of hydrogen-bond acceptors (Lipinski definition) is 4. The van der Waals surface area contributed by atoms with Gasteiger partial charge in [0.05, 0.1) is 5.56 Å². The van der Waals surface area contributed by atoms with Crippen LogP contribution in [0.2, 0.25) is 0 Å². The first-order chi connectivity index (χ1) is 10.1. The largest absolute Gasteiger partial charge is 0.475 e. The van der Waals surface area contributed by atoms with E-state index < -0.39 is 11.9 Å². The average molecular weight is 305 g/mol. The summed E-state index contributed by atoms with van der Waals surface area (Å²) in [5.74, 6) is -0.455. The third-order valence-electron chi connectivity index (χ3n) is 3.25. The number of aryl methyl sites for hydroxylation is 2.